The number of benzene rings is 1. The van der Waals surface area contributed by atoms with Gasteiger partial charge in [-0.2, -0.15) is 5.10 Å². The maximum Gasteiger partial charge on any atom is 0.0608 e. The number of aromatic nitrogens is 2. The van der Waals surface area contributed by atoms with Gasteiger partial charge in [0.25, 0.3) is 0 Å². The Kier molecular flexibility index (Phi) is 3.82. The van der Waals surface area contributed by atoms with Gasteiger partial charge < -0.3 is 5.32 Å². The van der Waals surface area contributed by atoms with E-state index < -0.39 is 0 Å². The predicted molar refractivity (Wildman–Crippen MR) is 74.6 cm³/mol. The predicted octanol–water partition coefficient (Wildman–Crippen LogP) is 2.74. The highest BCUT2D eigenvalue weighted by Gasteiger charge is 2.15. The van der Waals surface area contributed by atoms with E-state index in [1.807, 2.05) is 17.9 Å². The summed E-state index contributed by atoms with van der Waals surface area (Å²) in [6.45, 7) is 7.35. The summed E-state index contributed by atoms with van der Waals surface area (Å²) in [6.07, 6.45) is 4.01. The van der Waals surface area contributed by atoms with Crippen molar-refractivity contribution in [1.82, 2.24) is 15.1 Å². The molecular weight excluding hydrogens is 222 g/mol. The molecule has 2 aromatic rings. The van der Waals surface area contributed by atoms with Crippen molar-refractivity contribution >= 4 is 0 Å². The third-order valence-corrected chi connectivity index (χ3v) is 3.04. The molecule has 0 spiro atoms. The summed E-state index contributed by atoms with van der Waals surface area (Å²) in [4.78, 5) is 0. The van der Waals surface area contributed by atoms with Crippen LogP contribution in [0.25, 0.3) is 0 Å². The van der Waals surface area contributed by atoms with Crippen molar-refractivity contribution in [3.8, 4) is 0 Å². The summed E-state index contributed by atoms with van der Waals surface area (Å²) in [5.41, 5.74) is 5.13. The molecule has 96 valence electrons. The van der Waals surface area contributed by atoms with Gasteiger partial charge in [0.15, 0.2) is 0 Å². The molecule has 0 radical (unpaired) electrons. The van der Waals surface area contributed by atoms with Gasteiger partial charge in [0.2, 0.25) is 0 Å². The van der Waals surface area contributed by atoms with Crippen LogP contribution < -0.4 is 5.32 Å². The van der Waals surface area contributed by atoms with Gasteiger partial charge in [0.1, 0.15) is 0 Å². The zero-order valence-electron chi connectivity index (χ0n) is 11.6. The number of hydrogen-bond donors (Lipinski definition) is 1. The maximum absolute atomic E-state index is 4.27. The van der Waals surface area contributed by atoms with E-state index >= 15 is 0 Å². The van der Waals surface area contributed by atoms with Crippen molar-refractivity contribution < 1.29 is 0 Å². The molecular formula is C15H21N3. The molecule has 3 nitrogen and oxygen atoms in total. The molecule has 18 heavy (non-hydrogen) atoms. The average molecular weight is 243 g/mol. The first-order valence-corrected chi connectivity index (χ1v) is 6.40. The average Bonchev–Trinajstić information content (AvgIpc) is 2.71. The monoisotopic (exact) mass is 243 g/mol. The molecule has 0 saturated heterocycles. The second kappa shape index (κ2) is 5.36. The highest BCUT2D eigenvalue weighted by Crippen LogP contribution is 2.23. The number of aryl methyl sites for hydroxylation is 3. The lowest BCUT2D eigenvalue weighted by Crippen LogP contribution is -2.21. The minimum Gasteiger partial charge on any atom is -0.306 e. The van der Waals surface area contributed by atoms with Crippen LogP contribution in [-0.2, 0) is 7.05 Å². The van der Waals surface area contributed by atoms with Gasteiger partial charge in [0.05, 0.1) is 12.2 Å². The second-order valence-electron chi connectivity index (χ2n) is 4.86. The van der Waals surface area contributed by atoms with Crippen molar-refractivity contribution in [2.75, 3.05) is 6.54 Å². The van der Waals surface area contributed by atoms with E-state index in [0.717, 1.165) is 6.54 Å². The van der Waals surface area contributed by atoms with E-state index in [9.17, 15) is 0 Å². The Morgan fingerprint density at radius 1 is 1.17 bits per heavy atom. The van der Waals surface area contributed by atoms with E-state index in [4.69, 9.17) is 0 Å². The van der Waals surface area contributed by atoms with Gasteiger partial charge >= 0.3 is 0 Å². The largest absolute Gasteiger partial charge is 0.306 e. The molecule has 1 unspecified atom stereocenters. The highest BCUT2D eigenvalue weighted by atomic mass is 15.2. The van der Waals surface area contributed by atoms with E-state index in [2.05, 4.69) is 55.6 Å². The van der Waals surface area contributed by atoms with Crippen LogP contribution in [-0.4, -0.2) is 16.3 Å². The summed E-state index contributed by atoms with van der Waals surface area (Å²) < 4.78 is 1.85. The molecule has 3 heteroatoms. The van der Waals surface area contributed by atoms with Crippen LogP contribution in [0.3, 0.4) is 0 Å². The lowest BCUT2D eigenvalue weighted by molar-refractivity contribution is 0.629. The summed E-state index contributed by atoms with van der Waals surface area (Å²) >= 11 is 0. The SMILES string of the molecule is CCNC(c1cc(C)cc(C)c1)c1cnn(C)c1. The molecule has 0 saturated carbocycles. The molecule has 1 heterocycles. The van der Waals surface area contributed by atoms with E-state index in [0.29, 0.717) is 0 Å². The van der Waals surface area contributed by atoms with Crippen LogP contribution in [0.1, 0.15) is 35.2 Å². The highest BCUT2D eigenvalue weighted by molar-refractivity contribution is 5.35. The first-order valence-electron chi connectivity index (χ1n) is 6.40. The quantitative estimate of drug-likeness (QED) is 0.895. The van der Waals surface area contributed by atoms with Crippen molar-refractivity contribution in [2.24, 2.45) is 7.05 Å². The van der Waals surface area contributed by atoms with Gasteiger partial charge in [-0.05, 0) is 26.0 Å². The number of nitrogens with zero attached hydrogens (tertiary/aromatic N) is 2. The minimum atomic E-state index is 0.224. The standard InChI is InChI=1S/C15H21N3/c1-5-16-15(14-9-17-18(4)10-14)13-7-11(2)6-12(3)8-13/h6-10,15-16H,5H2,1-4H3. The molecule has 1 atom stereocenters. The first-order chi connectivity index (χ1) is 8.60. The number of rotatable bonds is 4. The fourth-order valence-corrected chi connectivity index (χ4v) is 2.40. The van der Waals surface area contributed by atoms with Crippen LogP contribution in [0.15, 0.2) is 30.6 Å². The topological polar surface area (TPSA) is 29.9 Å². The Morgan fingerprint density at radius 2 is 1.83 bits per heavy atom. The third kappa shape index (κ3) is 2.79. The molecule has 0 aliphatic carbocycles. The molecule has 0 aliphatic heterocycles. The summed E-state index contributed by atoms with van der Waals surface area (Å²) in [5.74, 6) is 0. The van der Waals surface area contributed by atoms with E-state index in [1.165, 1.54) is 22.3 Å². The zero-order chi connectivity index (χ0) is 13.1. The Hall–Kier alpha value is -1.61. The van der Waals surface area contributed by atoms with Gasteiger partial charge in [-0.15, -0.1) is 0 Å². The Labute approximate surface area is 109 Å². The Balaban J connectivity index is 2.40. The molecule has 0 aliphatic rings. The Morgan fingerprint density at radius 3 is 2.33 bits per heavy atom. The lowest BCUT2D eigenvalue weighted by Gasteiger charge is -2.18. The van der Waals surface area contributed by atoms with Crippen molar-refractivity contribution in [3.05, 3.63) is 52.8 Å². The van der Waals surface area contributed by atoms with Gasteiger partial charge in [-0.1, -0.05) is 36.2 Å². The number of nitrogens with one attached hydrogen (secondary N) is 1. The minimum absolute atomic E-state index is 0.224. The molecule has 1 aromatic carbocycles. The van der Waals surface area contributed by atoms with E-state index in [1.54, 1.807) is 0 Å². The van der Waals surface area contributed by atoms with Crippen molar-refractivity contribution in [1.29, 1.82) is 0 Å². The Bertz CT molecular complexity index is 508. The third-order valence-electron chi connectivity index (χ3n) is 3.04. The molecule has 1 N–H and O–H groups in total. The zero-order valence-corrected chi connectivity index (χ0v) is 11.6. The summed E-state index contributed by atoms with van der Waals surface area (Å²) in [6, 6.07) is 6.92. The molecule has 1 aromatic heterocycles. The molecule has 2 rings (SSSR count). The lowest BCUT2D eigenvalue weighted by atomic mass is 9.97. The second-order valence-corrected chi connectivity index (χ2v) is 4.86. The summed E-state index contributed by atoms with van der Waals surface area (Å²) in [5, 5.41) is 7.80. The molecule has 0 bridgehead atoms. The van der Waals surface area contributed by atoms with Gasteiger partial charge in [-0.25, -0.2) is 0 Å². The first kappa shape index (κ1) is 12.8. The van der Waals surface area contributed by atoms with Crippen LogP contribution in [0.5, 0.6) is 0 Å². The molecule has 0 fully saturated rings. The van der Waals surface area contributed by atoms with Crippen LogP contribution in [0.4, 0.5) is 0 Å². The van der Waals surface area contributed by atoms with E-state index in [-0.39, 0.29) is 6.04 Å². The van der Waals surface area contributed by atoms with Crippen LogP contribution in [0.2, 0.25) is 0 Å². The fourth-order valence-electron chi connectivity index (χ4n) is 2.40. The fraction of sp³-hybridized carbons (Fsp3) is 0.400. The number of hydrogen-bond acceptors (Lipinski definition) is 2. The maximum atomic E-state index is 4.27. The smallest absolute Gasteiger partial charge is 0.0608 e. The molecule has 0 amide bonds. The van der Waals surface area contributed by atoms with Crippen LogP contribution >= 0.6 is 0 Å². The van der Waals surface area contributed by atoms with Crippen LogP contribution in [0, 0.1) is 13.8 Å². The van der Waals surface area contributed by atoms with Crippen molar-refractivity contribution in [3.63, 3.8) is 0 Å². The summed E-state index contributed by atoms with van der Waals surface area (Å²) in [7, 11) is 1.95. The van der Waals surface area contributed by atoms with Gasteiger partial charge in [0, 0.05) is 18.8 Å². The normalized spacial score (nSPS) is 12.7. The van der Waals surface area contributed by atoms with Crippen molar-refractivity contribution in [2.45, 2.75) is 26.8 Å². The van der Waals surface area contributed by atoms with Gasteiger partial charge in [-0.3, -0.25) is 4.68 Å².